The molecule has 120 valence electrons. The maximum Gasteiger partial charge on any atom is 0.184 e. The average Bonchev–Trinajstić information content (AvgIpc) is 2.54. The van der Waals surface area contributed by atoms with Crippen LogP contribution in [0.3, 0.4) is 0 Å². The highest BCUT2D eigenvalue weighted by Gasteiger charge is 2.09. The number of benzene rings is 2. The lowest BCUT2D eigenvalue weighted by molar-refractivity contribution is 0.284. The van der Waals surface area contributed by atoms with Crippen molar-refractivity contribution in [3.8, 4) is 11.5 Å². The highest BCUT2D eigenvalue weighted by atomic mass is 32.1. The number of aryl methyl sites for hydroxylation is 1. The van der Waals surface area contributed by atoms with Crippen molar-refractivity contribution < 1.29 is 9.47 Å². The first-order valence-electron chi connectivity index (χ1n) is 7.04. The molecule has 0 aromatic heterocycles. The van der Waals surface area contributed by atoms with E-state index in [2.05, 4.69) is 22.7 Å². The number of hydrogen-bond donors (Lipinski definition) is 2. The van der Waals surface area contributed by atoms with Crippen LogP contribution in [0.5, 0.6) is 11.5 Å². The van der Waals surface area contributed by atoms with Gasteiger partial charge in [0, 0.05) is 5.56 Å². The van der Waals surface area contributed by atoms with Crippen molar-refractivity contribution in [1.82, 2.24) is 5.43 Å². The molecule has 0 fully saturated rings. The first-order valence-corrected chi connectivity index (χ1v) is 7.45. The summed E-state index contributed by atoms with van der Waals surface area (Å²) in [6.45, 7) is 2.48. The van der Waals surface area contributed by atoms with E-state index in [1.165, 1.54) is 5.56 Å². The molecule has 23 heavy (non-hydrogen) atoms. The molecule has 2 rings (SSSR count). The molecule has 0 spiro atoms. The molecule has 0 aliphatic heterocycles. The van der Waals surface area contributed by atoms with Gasteiger partial charge < -0.3 is 15.2 Å². The molecule has 2 aromatic rings. The van der Waals surface area contributed by atoms with E-state index in [9.17, 15) is 0 Å². The zero-order chi connectivity index (χ0) is 16.7. The van der Waals surface area contributed by atoms with Crippen molar-refractivity contribution in [3.63, 3.8) is 0 Å². The van der Waals surface area contributed by atoms with Crippen LogP contribution in [0.2, 0.25) is 0 Å². The van der Waals surface area contributed by atoms with Gasteiger partial charge in [-0.05, 0) is 36.8 Å². The molecule has 0 bridgehead atoms. The summed E-state index contributed by atoms with van der Waals surface area (Å²) >= 11 is 4.71. The van der Waals surface area contributed by atoms with E-state index in [0.29, 0.717) is 18.1 Å². The van der Waals surface area contributed by atoms with Crippen LogP contribution in [0.15, 0.2) is 47.6 Å². The smallest absolute Gasteiger partial charge is 0.184 e. The number of nitrogens with zero attached hydrogens (tertiary/aromatic N) is 1. The topological polar surface area (TPSA) is 68.9 Å². The van der Waals surface area contributed by atoms with E-state index in [4.69, 9.17) is 27.4 Å². The Kier molecular flexibility index (Phi) is 5.94. The Morgan fingerprint density at radius 1 is 1.26 bits per heavy atom. The molecule has 0 radical (unpaired) electrons. The van der Waals surface area contributed by atoms with Gasteiger partial charge >= 0.3 is 0 Å². The van der Waals surface area contributed by atoms with Crippen molar-refractivity contribution in [2.45, 2.75) is 13.5 Å². The summed E-state index contributed by atoms with van der Waals surface area (Å²) in [5.74, 6) is 1.25. The lowest BCUT2D eigenvalue weighted by atomic mass is 10.1. The van der Waals surface area contributed by atoms with Gasteiger partial charge in [0.15, 0.2) is 16.6 Å². The fourth-order valence-electron chi connectivity index (χ4n) is 1.95. The number of para-hydroxylation sites is 1. The summed E-state index contributed by atoms with van der Waals surface area (Å²) in [6.07, 6.45) is 1.59. The predicted octanol–water partition coefficient (Wildman–Crippen LogP) is 2.75. The summed E-state index contributed by atoms with van der Waals surface area (Å²) in [6, 6.07) is 13.7. The predicted molar refractivity (Wildman–Crippen MR) is 96.0 cm³/mol. The molecule has 0 unspecified atom stereocenters. The van der Waals surface area contributed by atoms with Crippen molar-refractivity contribution in [1.29, 1.82) is 0 Å². The van der Waals surface area contributed by atoms with E-state index >= 15 is 0 Å². The zero-order valence-corrected chi connectivity index (χ0v) is 13.9. The average molecular weight is 329 g/mol. The van der Waals surface area contributed by atoms with Crippen LogP contribution in [0.1, 0.15) is 16.7 Å². The first-order chi connectivity index (χ1) is 11.1. The Balaban J connectivity index is 2.19. The van der Waals surface area contributed by atoms with Crippen LogP contribution in [-0.4, -0.2) is 18.4 Å². The van der Waals surface area contributed by atoms with E-state index in [1.54, 1.807) is 13.3 Å². The number of methoxy groups -OCH3 is 1. The maximum atomic E-state index is 5.93. The molecule has 6 heteroatoms. The molecular formula is C17H19N3O2S. The SMILES string of the molecule is COc1cccc(C=NNC(N)=S)c1OCc1ccc(C)cc1. The summed E-state index contributed by atoms with van der Waals surface area (Å²) < 4.78 is 11.3. The van der Waals surface area contributed by atoms with Crippen molar-refractivity contribution >= 4 is 23.5 Å². The number of rotatable bonds is 6. The summed E-state index contributed by atoms with van der Waals surface area (Å²) in [5.41, 5.74) is 10.9. The van der Waals surface area contributed by atoms with Crippen LogP contribution in [0, 0.1) is 6.92 Å². The highest BCUT2D eigenvalue weighted by Crippen LogP contribution is 2.30. The second-order valence-corrected chi connectivity index (χ2v) is 5.33. The zero-order valence-electron chi connectivity index (χ0n) is 13.1. The third-order valence-corrected chi connectivity index (χ3v) is 3.20. The minimum absolute atomic E-state index is 0.103. The molecule has 0 saturated carbocycles. The van der Waals surface area contributed by atoms with Gasteiger partial charge in [-0.1, -0.05) is 35.9 Å². The number of thiocarbonyl (C=S) groups is 1. The molecule has 2 aromatic carbocycles. The fourth-order valence-corrected chi connectivity index (χ4v) is 2.01. The Bertz CT molecular complexity index is 699. The third-order valence-electron chi connectivity index (χ3n) is 3.11. The van der Waals surface area contributed by atoms with Crippen LogP contribution in [0.4, 0.5) is 0 Å². The number of nitrogens with two attached hydrogens (primary N) is 1. The fraction of sp³-hybridized carbons (Fsp3) is 0.176. The molecule has 0 heterocycles. The minimum atomic E-state index is 0.103. The largest absolute Gasteiger partial charge is 0.493 e. The second-order valence-electron chi connectivity index (χ2n) is 4.89. The van der Waals surface area contributed by atoms with Crippen molar-refractivity contribution in [2.75, 3.05) is 7.11 Å². The standard InChI is InChI=1S/C17H19N3O2S/c1-12-6-8-13(9-7-12)11-22-16-14(10-19-20-17(18)23)4-3-5-15(16)21-2/h3-10H,11H2,1-2H3,(H3,18,20,23). The first kappa shape index (κ1) is 16.8. The molecule has 0 amide bonds. The van der Waals surface area contributed by atoms with Crippen molar-refractivity contribution in [2.24, 2.45) is 10.8 Å². The second kappa shape index (κ2) is 8.14. The van der Waals surface area contributed by atoms with E-state index in [-0.39, 0.29) is 5.11 Å². The quantitative estimate of drug-likeness (QED) is 0.484. The van der Waals surface area contributed by atoms with E-state index in [1.807, 2.05) is 37.3 Å². The Morgan fingerprint density at radius 2 is 2.00 bits per heavy atom. The molecule has 3 N–H and O–H groups in total. The summed E-state index contributed by atoms with van der Waals surface area (Å²) in [7, 11) is 1.60. The van der Waals surface area contributed by atoms with Gasteiger partial charge in [0.05, 0.1) is 13.3 Å². The minimum Gasteiger partial charge on any atom is -0.493 e. The van der Waals surface area contributed by atoms with Gasteiger partial charge in [-0.2, -0.15) is 5.10 Å². The molecule has 0 aliphatic rings. The van der Waals surface area contributed by atoms with Crippen LogP contribution < -0.4 is 20.6 Å². The number of hydrogen-bond acceptors (Lipinski definition) is 4. The van der Waals surface area contributed by atoms with Gasteiger partial charge in [-0.25, -0.2) is 0 Å². The van der Waals surface area contributed by atoms with E-state index < -0.39 is 0 Å². The van der Waals surface area contributed by atoms with Gasteiger partial charge in [0.2, 0.25) is 0 Å². The number of ether oxygens (including phenoxy) is 2. The van der Waals surface area contributed by atoms with Gasteiger partial charge in [-0.3, -0.25) is 5.43 Å². The molecular weight excluding hydrogens is 310 g/mol. The summed E-state index contributed by atoms with van der Waals surface area (Å²) in [4.78, 5) is 0. The summed E-state index contributed by atoms with van der Waals surface area (Å²) in [5, 5.41) is 4.07. The Hall–Kier alpha value is -2.60. The lowest BCUT2D eigenvalue weighted by Crippen LogP contribution is -2.24. The molecule has 0 saturated heterocycles. The third kappa shape index (κ3) is 4.96. The highest BCUT2D eigenvalue weighted by molar-refractivity contribution is 7.80. The Morgan fingerprint density at radius 3 is 2.65 bits per heavy atom. The molecule has 5 nitrogen and oxygen atoms in total. The number of hydrazone groups is 1. The lowest BCUT2D eigenvalue weighted by Gasteiger charge is -2.13. The van der Waals surface area contributed by atoms with Crippen LogP contribution in [-0.2, 0) is 6.61 Å². The van der Waals surface area contributed by atoms with Gasteiger partial charge in [-0.15, -0.1) is 0 Å². The van der Waals surface area contributed by atoms with Crippen LogP contribution in [0.25, 0.3) is 0 Å². The van der Waals surface area contributed by atoms with E-state index in [0.717, 1.165) is 11.1 Å². The maximum absolute atomic E-state index is 5.93. The van der Waals surface area contributed by atoms with Gasteiger partial charge in [0.25, 0.3) is 0 Å². The van der Waals surface area contributed by atoms with Crippen LogP contribution >= 0.6 is 12.2 Å². The Labute approximate surface area is 141 Å². The molecule has 0 aliphatic carbocycles. The van der Waals surface area contributed by atoms with Gasteiger partial charge in [0.1, 0.15) is 6.61 Å². The molecule has 0 atom stereocenters. The normalized spacial score (nSPS) is 10.5. The van der Waals surface area contributed by atoms with Crippen molar-refractivity contribution in [3.05, 3.63) is 59.2 Å². The monoisotopic (exact) mass is 329 g/mol. The number of nitrogens with one attached hydrogen (secondary N) is 1.